The third-order valence-corrected chi connectivity index (χ3v) is 14.3. The van der Waals surface area contributed by atoms with E-state index < -0.39 is 110 Å². The summed E-state index contributed by atoms with van der Waals surface area (Å²) in [7, 11) is 3.02. The molecule has 0 radical (unpaired) electrons. The lowest BCUT2D eigenvalue weighted by Crippen LogP contribution is -2.61. The highest BCUT2D eigenvalue weighted by Crippen LogP contribution is 2.57. The zero-order chi connectivity index (χ0) is 40.6. The van der Waals surface area contributed by atoms with Crippen LogP contribution >= 0.6 is 0 Å². The molecule has 57 heavy (non-hydrogen) atoms. The summed E-state index contributed by atoms with van der Waals surface area (Å²) < 4.78 is 66.4. The molecule has 5 saturated heterocycles. The number of esters is 1. The lowest BCUT2D eigenvalue weighted by Gasteiger charge is -2.52. The SMILES string of the molecule is CO[C@@H]1[C@@H](O)[C@H](O[C@H]2CC[C@@]3(C)C(=CC(O)[C@H]4C(=O)O[C@@H]5CO[C@]6(C)OC=C(CC[C@@H]43)[C@H]56)C2)O[C@H](C)[C@H]1O[C@H]1C[C@H](O)[C@@H](O[C@H]2C[C@@H](OC)[C@@H](O)[C@H](C)O2)[C@H](C)O1. The topological polar surface area (TPSA) is 200 Å². The predicted octanol–water partition coefficient (Wildman–Crippen LogP) is 1.98. The van der Waals surface area contributed by atoms with Gasteiger partial charge in [0.1, 0.15) is 36.6 Å². The van der Waals surface area contributed by atoms with Crippen LogP contribution in [-0.4, -0.2) is 151 Å². The van der Waals surface area contributed by atoms with Crippen molar-refractivity contribution >= 4 is 5.97 Å². The van der Waals surface area contributed by atoms with E-state index in [1.54, 1.807) is 20.1 Å². The van der Waals surface area contributed by atoms with Gasteiger partial charge in [0, 0.05) is 34.0 Å². The van der Waals surface area contributed by atoms with Crippen LogP contribution in [0.5, 0.6) is 0 Å². The van der Waals surface area contributed by atoms with Crippen LogP contribution in [0.2, 0.25) is 0 Å². The Labute approximate surface area is 333 Å². The van der Waals surface area contributed by atoms with Crippen LogP contribution in [0.25, 0.3) is 0 Å². The molecule has 1 saturated carbocycles. The van der Waals surface area contributed by atoms with Gasteiger partial charge in [0.15, 0.2) is 18.9 Å². The minimum Gasteiger partial charge on any atom is -0.469 e. The van der Waals surface area contributed by atoms with Crippen molar-refractivity contribution in [1.82, 2.24) is 0 Å². The smallest absolute Gasteiger partial charge is 0.312 e. The van der Waals surface area contributed by atoms with Crippen molar-refractivity contribution in [2.45, 2.75) is 184 Å². The molecule has 2 aliphatic carbocycles. The highest BCUT2D eigenvalue weighted by atomic mass is 16.8. The minimum atomic E-state index is -1.21. The summed E-state index contributed by atoms with van der Waals surface area (Å²) in [5.74, 6) is -2.27. The molecule has 4 N–H and O–H groups in total. The highest BCUT2D eigenvalue weighted by molar-refractivity contribution is 5.75. The highest BCUT2D eigenvalue weighted by Gasteiger charge is 2.59. The van der Waals surface area contributed by atoms with Crippen LogP contribution in [0.3, 0.4) is 0 Å². The molecule has 16 heteroatoms. The van der Waals surface area contributed by atoms with Gasteiger partial charge in [0.05, 0.1) is 67.4 Å². The summed E-state index contributed by atoms with van der Waals surface area (Å²) in [6.07, 6.45) is -4.54. The van der Waals surface area contributed by atoms with Crippen LogP contribution in [0.1, 0.15) is 79.6 Å². The number of carbonyl (C=O) groups is 1. The summed E-state index contributed by atoms with van der Waals surface area (Å²) >= 11 is 0. The van der Waals surface area contributed by atoms with E-state index in [9.17, 15) is 25.2 Å². The van der Waals surface area contributed by atoms with Crippen LogP contribution in [0.4, 0.5) is 0 Å². The maximum Gasteiger partial charge on any atom is 0.312 e. The van der Waals surface area contributed by atoms with E-state index in [4.69, 9.17) is 52.1 Å². The van der Waals surface area contributed by atoms with Gasteiger partial charge in [0.2, 0.25) is 5.79 Å². The molecule has 0 aromatic heterocycles. The molecule has 8 aliphatic rings. The lowest BCUT2D eigenvalue weighted by atomic mass is 9.55. The average molecular weight is 811 g/mol. The average Bonchev–Trinajstić information content (AvgIpc) is 3.68. The van der Waals surface area contributed by atoms with E-state index in [0.717, 1.165) is 11.1 Å². The van der Waals surface area contributed by atoms with Crippen molar-refractivity contribution in [2.24, 2.45) is 23.2 Å². The fourth-order valence-corrected chi connectivity index (χ4v) is 11.1. The second-order valence-corrected chi connectivity index (χ2v) is 17.8. The van der Waals surface area contributed by atoms with Crippen LogP contribution < -0.4 is 0 Å². The Balaban J connectivity index is 0.883. The zero-order valence-electron chi connectivity index (χ0n) is 34.0. The van der Waals surface area contributed by atoms with Crippen LogP contribution in [-0.2, 0) is 56.9 Å². The van der Waals surface area contributed by atoms with Crippen molar-refractivity contribution in [3.63, 3.8) is 0 Å². The van der Waals surface area contributed by atoms with Crippen LogP contribution in [0, 0.1) is 23.2 Å². The summed E-state index contributed by atoms with van der Waals surface area (Å²) in [6, 6.07) is 0. The Morgan fingerprint density at radius 1 is 0.825 bits per heavy atom. The van der Waals surface area contributed by atoms with Gasteiger partial charge in [-0.25, -0.2) is 0 Å². The monoisotopic (exact) mass is 810 g/mol. The molecule has 6 fully saturated rings. The first-order valence-corrected chi connectivity index (χ1v) is 20.8. The predicted molar refractivity (Wildman–Crippen MR) is 196 cm³/mol. The number of methoxy groups -OCH3 is 2. The van der Waals surface area contributed by atoms with Gasteiger partial charge in [-0.3, -0.25) is 4.79 Å². The molecule has 0 aromatic carbocycles. The van der Waals surface area contributed by atoms with Crippen molar-refractivity contribution in [2.75, 3.05) is 20.8 Å². The third kappa shape index (κ3) is 7.63. The maximum absolute atomic E-state index is 13.8. The van der Waals surface area contributed by atoms with E-state index >= 15 is 0 Å². The number of hydrogen-bond donors (Lipinski definition) is 4. The molecular weight excluding hydrogens is 748 g/mol. The van der Waals surface area contributed by atoms with Crippen LogP contribution in [0.15, 0.2) is 23.5 Å². The minimum absolute atomic E-state index is 0.0883. The fraction of sp³-hybridized carbons (Fsp3) is 0.878. The largest absolute Gasteiger partial charge is 0.469 e. The number of fused-ring (bicyclic) bond motifs is 3. The standard InChI is InChI=1S/C41H62O16/c1-18-33(44)27(47-6)15-30(51-18)56-35-19(2)52-29(14-26(35)43)57-36-20(3)53-39(34(45)37(36)48-7)54-23-10-11-40(4)22(12-23)13-25(42)31-24(40)9-8-21-16-49-41(5)32(21)28(17-50-41)55-38(31)46/h13,16,18-20,23-37,39,42-45H,8-12,14-15,17H2,1-7H3/t18-,19-,20+,23-,24-,25?,26-,27+,28+,29-,30-,31-,32+,33-,34+,35-,36+,37+,39-,40-,41-/m0/s1. The van der Waals surface area contributed by atoms with E-state index in [1.165, 1.54) is 14.2 Å². The number of aliphatic hydroxyl groups is 4. The van der Waals surface area contributed by atoms with E-state index in [0.29, 0.717) is 38.5 Å². The number of hydrogen-bond acceptors (Lipinski definition) is 16. The first kappa shape index (κ1) is 41.9. The summed E-state index contributed by atoms with van der Waals surface area (Å²) in [5, 5.41) is 44.6. The molecule has 0 aromatic rings. The fourth-order valence-electron chi connectivity index (χ4n) is 11.1. The van der Waals surface area contributed by atoms with Gasteiger partial charge in [-0.2, -0.15) is 0 Å². The molecule has 322 valence electrons. The number of aliphatic hydroxyl groups excluding tert-OH is 4. The van der Waals surface area contributed by atoms with Gasteiger partial charge in [0.25, 0.3) is 0 Å². The molecule has 0 amide bonds. The Morgan fingerprint density at radius 2 is 1.54 bits per heavy atom. The zero-order valence-corrected chi connectivity index (χ0v) is 34.0. The van der Waals surface area contributed by atoms with Gasteiger partial charge in [-0.1, -0.05) is 18.6 Å². The van der Waals surface area contributed by atoms with Crippen molar-refractivity contribution in [1.29, 1.82) is 0 Å². The first-order valence-electron chi connectivity index (χ1n) is 20.8. The number of rotatable bonds is 8. The summed E-state index contributed by atoms with van der Waals surface area (Å²) in [4.78, 5) is 13.8. The van der Waals surface area contributed by atoms with Crippen molar-refractivity contribution in [3.05, 3.63) is 23.5 Å². The molecule has 16 nitrogen and oxygen atoms in total. The van der Waals surface area contributed by atoms with Crippen molar-refractivity contribution in [3.8, 4) is 0 Å². The number of ether oxygens (including phenoxy) is 11. The van der Waals surface area contributed by atoms with Gasteiger partial charge in [-0.15, -0.1) is 0 Å². The molecule has 8 rings (SSSR count). The molecule has 0 bridgehead atoms. The van der Waals surface area contributed by atoms with Gasteiger partial charge >= 0.3 is 5.97 Å². The van der Waals surface area contributed by atoms with E-state index in [1.807, 2.05) is 19.9 Å². The van der Waals surface area contributed by atoms with Gasteiger partial charge < -0.3 is 72.5 Å². The Bertz CT molecular complexity index is 1510. The molecule has 6 aliphatic heterocycles. The van der Waals surface area contributed by atoms with Gasteiger partial charge in [-0.05, 0) is 69.8 Å². The first-order chi connectivity index (χ1) is 27.1. The molecule has 6 heterocycles. The Hall–Kier alpha value is -1.77. The van der Waals surface area contributed by atoms with Crippen molar-refractivity contribution < 1.29 is 77.3 Å². The Kier molecular flexibility index (Phi) is 12.0. The second-order valence-electron chi connectivity index (χ2n) is 17.8. The molecule has 1 unspecified atom stereocenters. The summed E-state index contributed by atoms with van der Waals surface area (Å²) in [6.45, 7) is 9.66. The molecular formula is C41H62O16. The molecule has 0 spiro atoms. The van der Waals surface area contributed by atoms with E-state index in [-0.39, 0.29) is 36.4 Å². The number of carbonyl (C=O) groups excluding carboxylic acids is 1. The lowest BCUT2D eigenvalue weighted by molar-refractivity contribution is -0.352. The normalized spacial score (nSPS) is 52.5. The molecule has 21 atom stereocenters. The third-order valence-electron chi connectivity index (χ3n) is 14.3. The Morgan fingerprint density at radius 3 is 2.28 bits per heavy atom. The maximum atomic E-state index is 13.8. The second kappa shape index (κ2) is 16.3. The van der Waals surface area contributed by atoms with E-state index in [2.05, 4.69) is 6.92 Å². The summed E-state index contributed by atoms with van der Waals surface area (Å²) in [5.41, 5.74) is 1.73. The quantitative estimate of drug-likeness (QED) is 0.205.